The summed E-state index contributed by atoms with van der Waals surface area (Å²) in [5, 5.41) is 24.5. The largest absolute Gasteiger partial charge is 0.374 e. The van der Waals surface area contributed by atoms with Gasteiger partial charge in [0, 0.05) is 24.9 Å². The van der Waals surface area contributed by atoms with Crippen molar-refractivity contribution in [2.75, 3.05) is 5.32 Å². The highest BCUT2D eigenvalue weighted by Gasteiger charge is 2.17. The predicted octanol–water partition coefficient (Wildman–Crippen LogP) is 3.27. The highest BCUT2D eigenvalue weighted by Crippen LogP contribution is 2.31. The molecule has 0 spiro atoms. The topological polar surface area (TPSA) is 111 Å². The zero-order valence-corrected chi connectivity index (χ0v) is 12.1. The SMILES string of the molecule is O=[N+]([O-])c1cccc(CNc2c(Br)cncc2[N+](=O)[O-])c1. The van der Waals surface area contributed by atoms with E-state index in [4.69, 9.17) is 0 Å². The number of nitro benzene ring substituents is 1. The average Bonchev–Trinajstić information content (AvgIpc) is 2.46. The molecule has 8 nitrogen and oxygen atoms in total. The molecule has 0 fully saturated rings. The van der Waals surface area contributed by atoms with Gasteiger partial charge in [-0.05, 0) is 21.5 Å². The summed E-state index contributed by atoms with van der Waals surface area (Å²) >= 11 is 3.19. The zero-order valence-electron chi connectivity index (χ0n) is 10.5. The number of non-ortho nitro benzene ring substituents is 1. The Kier molecular flexibility index (Phi) is 4.43. The molecule has 1 N–H and O–H groups in total. The van der Waals surface area contributed by atoms with Crippen molar-refractivity contribution in [2.45, 2.75) is 6.54 Å². The van der Waals surface area contributed by atoms with E-state index in [-0.39, 0.29) is 23.6 Å². The van der Waals surface area contributed by atoms with Crippen molar-refractivity contribution in [3.8, 4) is 0 Å². The molecule has 0 atom stereocenters. The van der Waals surface area contributed by atoms with E-state index >= 15 is 0 Å². The molecule has 0 aliphatic carbocycles. The van der Waals surface area contributed by atoms with E-state index in [1.807, 2.05) is 0 Å². The maximum Gasteiger partial charge on any atom is 0.311 e. The minimum Gasteiger partial charge on any atom is -0.374 e. The Bertz CT molecular complexity index is 707. The maximum absolute atomic E-state index is 10.9. The Balaban J connectivity index is 2.22. The molecular formula is C12H9BrN4O4. The molecule has 0 radical (unpaired) electrons. The van der Waals surface area contributed by atoms with E-state index in [2.05, 4.69) is 26.2 Å². The van der Waals surface area contributed by atoms with Crippen LogP contribution in [0.1, 0.15) is 5.56 Å². The van der Waals surface area contributed by atoms with Gasteiger partial charge in [0.25, 0.3) is 5.69 Å². The van der Waals surface area contributed by atoms with Gasteiger partial charge in [0.15, 0.2) is 0 Å². The summed E-state index contributed by atoms with van der Waals surface area (Å²) in [5.74, 6) is 0. The number of nitrogens with zero attached hydrogens (tertiary/aromatic N) is 3. The fraction of sp³-hybridized carbons (Fsp3) is 0.0833. The third kappa shape index (κ3) is 3.51. The smallest absolute Gasteiger partial charge is 0.311 e. The van der Waals surface area contributed by atoms with E-state index in [0.717, 1.165) is 6.20 Å². The summed E-state index contributed by atoms with van der Waals surface area (Å²) in [7, 11) is 0. The molecule has 0 bridgehead atoms. The molecule has 1 aromatic heterocycles. The third-order valence-corrected chi connectivity index (χ3v) is 3.27. The minimum atomic E-state index is -0.548. The van der Waals surface area contributed by atoms with Gasteiger partial charge < -0.3 is 5.32 Å². The molecule has 0 saturated carbocycles. The van der Waals surface area contributed by atoms with Gasteiger partial charge in [-0.2, -0.15) is 0 Å². The van der Waals surface area contributed by atoms with Crippen molar-refractivity contribution in [2.24, 2.45) is 0 Å². The zero-order chi connectivity index (χ0) is 15.4. The number of rotatable bonds is 5. The van der Waals surface area contributed by atoms with Crippen LogP contribution in [0.3, 0.4) is 0 Å². The number of halogens is 1. The highest BCUT2D eigenvalue weighted by atomic mass is 79.9. The normalized spacial score (nSPS) is 10.1. The second-order valence-electron chi connectivity index (χ2n) is 4.05. The van der Waals surface area contributed by atoms with Gasteiger partial charge in [0.2, 0.25) is 0 Å². The van der Waals surface area contributed by atoms with Crippen LogP contribution in [0.4, 0.5) is 17.1 Å². The molecule has 0 amide bonds. The van der Waals surface area contributed by atoms with Crippen molar-refractivity contribution in [1.82, 2.24) is 4.98 Å². The van der Waals surface area contributed by atoms with Gasteiger partial charge in [-0.1, -0.05) is 12.1 Å². The Morgan fingerprint density at radius 2 is 1.95 bits per heavy atom. The van der Waals surface area contributed by atoms with Crippen molar-refractivity contribution in [3.63, 3.8) is 0 Å². The molecule has 21 heavy (non-hydrogen) atoms. The van der Waals surface area contributed by atoms with Gasteiger partial charge in [-0.15, -0.1) is 0 Å². The maximum atomic E-state index is 10.9. The molecule has 9 heteroatoms. The van der Waals surface area contributed by atoms with E-state index < -0.39 is 9.85 Å². The molecule has 2 rings (SSSR count). The number of benzene rings is 1. The second kappa shape index (κ2) is 6.27. The predicted molar refractivity (Wildman–Crippen MR) is 79.0 cm³/mol. The molecule has 1 heterocycles. The van der Waals surface area contributed by atoms with Crippen LogP contribution in [-0.4, -0.2) is 14.8 Å². The second-order valence-corrected chi connectivity index (χ2v) is 4.91. The summed E-state index contributed by atoms with van der Waals surface area (Å²) in [6, 6.07) is 6.05. The Morgan fingerprint density at radius 1 is 1.19 bits per heavy atom. The van der Waals surface area contributed by atoms with Crippen LogP contribution in [-0.2, 0) is 6.54 Å². The molecule has 0 aliphatic heterocycles. The van der Waals surface area contributed by atoms with E-state index in [1.165, 1.54) is 18.3 Å². The Morgan fingerprint density at radius 3 is 2.62 bits per heavy atom. The highest BCUT2D eigenvalue weighted by molar-refractivity contribution is 9.10. The number of nitrogens with one attached hydrogen (secondary N) is 1. The van der Waals surface area contributed by atoms with Gasteiger partial charge in [-0.25, -0.2) is 0 Å². The summed E-state index contributed by atoms with van der Waals surface area (Å²) < 4.78 is 0.446. The molecule has 0 saturated heterocycles. The summed E-state index contributed by atoms with van der Waals surface area (Å²) in [4.78, 5) is 24.3. The van der Waals surface area contributed by atoms with Crippen LogP contribution < -0.4 is 5.32 Å². The molecule has 0 unspecified atom stereocenters. The first-order valence-corrected chi connectivity index (χ1v) is 6.53. The van der Waals surface area contributed by atoms with Gasteiger partial charge >= 0.3 is 5.69 Å². The number of anilines is 1. The molecule has 1 aromatic carbocycles. The van der Waals surface area contributed by atoms with E-state index in [0.29, 0.717) is 10.0 Å². The molecule has 108 valence electrons. The summed E-state index contributed by atoms with van der Waals surface area (Å²) in [5.41, 5.74) is 0.719. The van der Waals surface area contributed by atoms with Crippen LogP contribution in [0.5, 0.6) is 0 Å². The van der Waals surface area contributed by atoms with Crippen LogP contribution in [0.25, 0.3) is 0 Å². The minimum absolute atomic E-state index is 0.0300. The summed E-state index contributed by atoms with van der Waals surface area (Å²) in [6.45, 7) is 0.213. The van der Waals surface area contributed by atoms with Crippen LogP contribution >= 0.6 is 15.9 Å². The van der Waals surface area contributed by atoms with Crippen molar-refractivity contribution < 1.29 is 9.85 Å². The first kappa shape index (κ1) is 14.9. The van der Waals surface area contributed by atoms with Crippen molar-refractivity contribution in [3.05, 3.63) is 66.9 Å². The lowest BCUT2D eigenvalue weighted by Crippen LogP contribution is -2.04. The van der Waals surface area contributed by atoms with Crippen LogP contribution in [0, 0.1) is 20.2 Å². The van der Waals surface area contributed by atoms with Gasteiger partial charge in [0.1, 0.15) is 11.9 Å². The first-order valence-electron chi connectivity index (χ1n) is 5.74. The monoisotopic (exact) mass is 352 g/mol. The quantitative estimate of drug-likeness (QED) is 0.652. The van der Waals surface area contributed by atoms with Crippen LogP contribution in [0.2, 0.25) is 0 Å². The molecular weight excluding hydrogens is 344 g/mol. The number of pyridine rings is 1. The number of hydrogen-bond acceptors (Lipinski definition) is 6. The van der Waals surface area contributed by atoms with Gasteiger partial charge in [-0.3, -0.25) is 25.2 Å². The van der Waals surface area contributed by atoms with E-state index in [9.17, 15) is 20.2 Å². The first-order chi connectivity index (χ1) is 9.99. The third-order valence-electron chi connectivity index (χ3n) is 2.67. The Hall–Kier alpha value is -2.55. The van der Waals surface area contributed by atoms with Gasteiger partial charge in [0.05, 0.1) is 14.3 Å². The number of nitro groups is 2. The molecule has 0 aliphatic rings. The number of hydrogen-bond donors (Lipinski definition) is 1. The fourth-order valence-electron chi connectivity index (χ4n) is 1.71. The van der Waals surface area contributed by atoms with Crippen molar-refractivity contribution in [1.29, 1.82) is 0 Å². The standard InChI is InChI=1S/C12H9BrN4O4/c13-10-6-14-7-11(17(20)21)12(10)15-5-8-2-1-3-9(4-8)16(18)19/h1-4,6-7H,5H2,(H,14,15). The average molecular weight is 353 g/mol. The fourth-order valence-corrected chi connectivity index (χ4v) is 2.17. The Labute approximate surface area is 127 Å². The van der Waals surface area contributed by atoms with Crippen LogP contribution in [0.15, 0.2) is 41.1 Å². The lowest BCUT2D eigenvalue weighted by molar-refractivity contribution is -0.384. The lowest BCUT2D eigenvalue weighted by Gasteiger charge is -2.08. The molecule has 2 aromatic rings. The summed E-state index contributed by atoms with van der Waals surface area (Å²) in [6.07, 6.45) is 2.57. The number of aromatic nitrogens is 1. The van der Waals surface area contributed by atoms with Crippen molar-refractivity contribution >= 4 is 33.0 Å². The van der Waals surface area contributed by atoms with E-state index in [1.54, 1.807) is 12.1 Å². The lowest BCUT2D eigenvalue weighted by atomic mass is 10.2.